The Labute approximate surface area is 212 Å². The van der Waals surface area contributed by atoms with Crippen molar-refractivity contribution in [3.05, 3.63) is 85.3 Å². The molecule has 36 heavy (non-hydrogen) atoms. The van der Waals surface area contributed by atoms with Crippen molar-refractivity contribution in [2.75, 3.05) is 40.3 Å². The van der Waals surface area contributed by atoms with Gasteiger partial charge in [0.1, 0.15) is 29.1 Å². The minimum atomic E-state index is 0.402. The molecule has 0 saturated carbocycles. The number of benzene rings is 2. The topological polar surface area (TPSA) is 55.7 Å². The molecule has 186 valence electrons. The van der Waals surface area contributed by atoms with Crippen LogP contribution in [-0.2, 0) is 0 Å². The van der Waals surface area contributed by atoms with Gasteiger partial charge in [0.25, 0.3) is 0 Å². The molecule has 1 aliphatic heterocycles. The van der Waals surface area contributed by atoms with Crippen molar-refractivity contribution in [3.63, 3.8) is 0 Å². The van der Waals surface area contributed by atoms with Gasteiger partial charge in [0, 0.05) is 38.4 Å². The van der Waals surface area contributed by atoms with E-state index in [1.54, 1.807) is 6.33 Å². The Hall–Kier alpha value is -3.68. The highest BCUT2D eigenvalue weighted by atomic mass is 16.5. The van der Waals surface area contributed by atoms with E-state index in [9.17, 15) is 0 Å². The highest BCUT2D eigenvalue weighted by Gasteiger charge is 2.23. The molecule has 1 aliphatic rings. The molecule has 0 aliphatic carbocycles. The molecule has 1 saturated heterocycles. The summed E-state index contributed by atoms with van der Waals surface area (Å²) in [6.45, 7) is 4.14. The van der Waals surface area contributed by atoms with E-state index in [1.807, 2.05) is 54.6 Å². The molecule has 7 nitrogen and oxygen atoms in total. The van der Waals surface area contributed by atoms with E-state index in [0.29, 0.717) is 17.7 Å². The van der Waals surface area contributed by atoms with Gasteiger partial charge in [0.05, 0.1) is 5.52 Å². The van der Waals surface area contributed by atoms with Crippen LogP contribution in [0.3, 0.4) is 0 Å². The summed E-state index contributed by atoms with van der Waals surface area (Å²) in [5.74, 6) is 2.85. The standard InChI is InChI=1S/C29H33N5O2/c1-32(2)17-6-7-18-33-19-14-23(15-20-33)34-21-16-27-28(34)29(31-22-30-27)36-26-12-10-25(11-13-26)35-24-8-4-3-5-9-24/h3-13,16,21-23H,14-15,17-20H2,1-2H3. The van der Waals surface area contributed by atoms with Crippen LogP contribution < -0.4 is 9.47 Å². The first-order chi connectivity index (χ1) is 17.7. The molecular weight excluding hydrogens is 450 g/mol. The van der Waals surface area contributed by atoms with E-state index < -0.39 is 0 Å². The minimum absolute atomic E-state index is 0.402. The van der Waals surface area contributed by atoms with Gasteiger partial charge in [0.15, 0.2) is 0 Å². The van der Waals surface area contributed by atoms with Crippen LogP contribution in [0, 0.1) is 0 Å². The second-order valence-electron chi connectivity index (χ2n) is 9.39. The molecule has 3 heterocycles. The van der Waals surface area contributed by atoms with Crippen LogP contribution in [0.2, 0.25) is 0 Å². The number of piperidine rings is 1. The molecule has 0 N–H and O–H groups in total. The van der Waals surface area contributed by atoms with Crippen molar-refractivity contribution < 1.29 is 9.47 Å². The van der Waals surface area contributed by atoms with E-state index in [2.05, 4.69) is 62.8 Å². The fourth-order valence-electron chi connectivity index (χ4n) is 4.55. The molecule has 1 fully saturated rings. The summed E-state index contributed by atoms with van der Waals surface area (Å²) in [6, 6.07) is 19.8. The van der Waals surface area contributed by atoms with Crippen molar-refractivity contribution >= 4 is 11.0 Å². The lowest BCUT2D eigenvalue weighted by Crippen LogP contribution is -2.34. The van der Waals surface area contributed by atoms with E-state index in [0.717, 1.165) is 61.6 Å². The third kappa shape index (κ3) is 5.93. The molecule has 0 spiro atoms. The van der Waals surface area contributed by atoms with Crippen molar-refractivity contribution in [1.29, 1.82) is 0 Å². The Morgan fingerprint density at radius 3 is 2.28 bits per heavy atom. The molecule has 4 aromatic rings. The van der Waals surface area contributed by atoms with E-state index >= 15 is 0 Å². The van der Waals surface area contributed by atoms with Gasteiger partial charge >= 0.3 is 0 Å². The van der Waals surface area contributed by atoms with Crippen LogP contribution in [-0.4, -0.2) is 64.6 Å². The molecule has 0 atom stereocenters. The lowest BCUT2D eigenvalue weighted by molar-refractivity contribution is 0.205. The maximum absolute atomic E-state index is 6.24. The summed E-state index contributed by atoms with van der Waals surface area (Å²) in [5.41, 5.74) is 1.85. The third-order valence-corrected chi connectivity index (χ3v) is 6.44. The second-order valence-corrected chi connectivity index (χ2v) is 9.39. The number of ether oxygens (including phenoxy) is 2. The molecule has 0 unspecified atom stereocenters. The Morgan fingerprint density at radius 1 is 0.861 bits per heavy atom. The number of likely N-dealkylation sites (N-methyl/N-ethyl adjacent to an activating group) is 1. The van der Waals surface area contributed by atoms with Crippen molar-refractivity contribution in [2.24, 2.45) is 0 Å². The largest absolute Gasteiger partial charge is 0.457 e. The molecule has 7 heteroatoms. The third-order valence-electron chi connectivity index (χ3n) is 6.44. The predicted octanol–water partition coefficient (Wildman–Crippen LogP) is 5.77. The van der Waals surface area contributed by atoms with Gasteiger partial charge < -0.3 is 18.9 Å². The van der Waals surface area contributed by atoms with Gasteiger partial charge in [-0.1, -0.05) is 30.4 Å². The number of para-hydroxylation sites is 1. The average molecular weight is 484 g/mol. The number of nitrogens with zero attached hydrogens (tertiary/aromatic N) is 5. The number of rotatable bonds is 9. The van der Waals surface area contributed by atoms with E-state index in [-0.39, 0.29) is 0 Å². The minimum Gasteiger partial charge on any atom is -0.457 e. The van der Waals surface area contributed by atoms with Crippen molar-refractivity contribution in [2.45, 2.75) is 18.9 Å². The van der Waals surface area contributed by atoms with Crippen molar-refractivity contribution in [3.8, 4) is 23.1 Å². The van der Waals surface area contributed by atoms with Gasteiger partial charge in [-0.05, 0) is 69.4 Å². The maximum atomic E-state index is 6.24. The Balaban J connectivity index is 1.26. The quantitative estimate of drug-likeness (QED) is 0.282. The zero-order valence-corrected chi connectivity index (χ0v) is 21.0. The summed E-state index contributed by atoms with van der Waals surface area (Å²) < 4.78 is 14.4. The average Bonchev–Trinajstić information content (AvgIpc) is 3.34. The van der Waals surface area contributed by atoms with Gasteiger partial charge in [-0.3, -0.25) is 4.90 Å². The van der Waals surface area contributed by atoms with Gasteiger partial charge in [-0.15, -0.1) is 0 Å². The smallest absolute Gasteiger partial charge is 0.247 e. The molecule has 2 aromatic carbocycles. The Kier molecular flexibility index (Phi) is 7.59. The number of hydrogen-bond donors (Lipinski definition) is 0. The zero-order chi connectivity index (χ0) is 24.7. The first-order valence-electron chi connectivity index (χ1n) is 12.5. The number of aromatic nitrogens is 3. The van der Waals surface area contributed by atoms with Crippen molar-refractivity contribution in [1.82, 2.24) is 24.3 Å². The number of hydrogen-bond acceptors (Lipinski definition) is 6. The summed E-state index contributed by atoms with van der Waals surface area (Å²) in [4.78, 5) is 13.7. The monoisotopic (exact) mass is 483 g/mol. The first kappa shape index (κ1) is 24.0. The lowest BCUT2D eigenvalue weighted by atomic mass is 10.0. The van der Waals surface area contributed by atoms with Crippen LogP contribution in [0.25, 0.3) is 11.0 Å². The molecule has 0 amide bonds. The fourth-order valence-corrected chi connectivity index (χ4v) is 4.55. The van der Waals surface area contributed by atoms with E-state index in [4.69, 9.17) is 9.47 Å². The maximum Gasteiger partial charge on any atom is 0.247 e. The van der Waals surface area contributed by atoms with Crippen LogP contribution in [0.4, 0.5) is 0 Å². The van der Waals surface area contributed by atoms with Crippen LogP contribution >= 0.6 is 0 Å². The number of likely N-dealkylation sites (tertiary alicyclic amines) is 1. The first-order valence-corrected chi connectivity index (χ1v) is 12.5. The summed E-state index contributed by atoms with van der Waals surface area (Å²) in [7, 11) is 4.18. The van der Waals surface area contributed by atoms with Gasteiger partial charge in [0.2, 0.25) is 5.88 Å². The van der Waals surface area contributed by atoms with E-state index in [1.165, 1.54) is 0 Å². The fraction of sp³-hybridized carbons (Fsp3) is 0.310. The Bertz CT molecular complexity index is 1280. The molecule has 0 bridgehead atoms. The SMILES string of the molecule is CN(C)CC=CCN1CCC(n2ccc3ncnc(Oc4ccc(Oc5ccccc5)cc4)c32)CC1. The van der Waals surface area contributed by atoms with Crippen LogP contribution in [0.15, 0.2) is 85.3 Å². The normalized spacial score (nSPS) is 15.2. The van der Waals surface area contributed by atoms with Gasteiger partial charge in [-0.2, -0.15) is 4.98 Å². The molecule has 5 rings (SSSR count). The highest BCUT2D eigenvalue weighted by molar-refractivity contribution is 5.81. The lowest BCUT2D eigenvalue weighted by Gasteiger charge is -2.32. The Morgan fingerprint density at radius 2 is 1.56 bits per heavy atom. The summed E-state index contributed by atoms with van der Waals surface area (Å²) in [5, 5.41) is 0. The summed E-state index contributed by atoms with van der Waals surface area (Å²) >= 11 is 0. The van der Waals surface area contributed by atoms with Gasteiger partial charge in [-0.25, -0.2) is 4.98 Å². The van der Waals surface area contributed by atoms with Crippen LogP contribution in [0.1, 0.15) is 18.9 Å². The predicted molar refractivity (Wildman–Crippen MR) is 143 cm³/mol. The highest BCUT2D eigenvalue weighted by Crippen LogP contribution is 2.33. The summed E-state index contributed by atoms with van der Waals surface area (Å²) in [6.07, 6.45) is 10.4. The zero-order valence-electron chi connectivity index (χ0n) is 21.0. The van der Waals surface area contributed by atoms with Crippen LogP contribution in [0.5, 0.6) is 23.1 Å². The molecular formula is C29H33N5O2. The second kappa shape index (κ2) is 11.4. The number of fused-ring (bicyclic) bond motifs is 1. The molecule has 2 aromatic heterocycles. The molecule has 0 radical (unpaired) electrons.